The standard InChI is InChI=1S/C28H26N8S2/c1-19-18-20(8-9-23(19)31-35-28-29-14-17-37-28)30-32-24-10-11-25(22-7-3-2-6-21(22)24)33-34-26-12-13-27(38-26)36-15-4-5-16-36/h2-3,6-14,17-18,30,32H,4-5,15-16H2,1H3. The number of benzene rings is 3. The molecule has 0 spiro atoms. The van der Waals surface area contributed by atoms with E-state index >= 15 is 0 Å². The largest absolute Gasteiger partial charge is 0.363 e. The van der Waals surface area contributed by atoms with Crippen molar-refractivity contribution in [3.05, 3.63) is 83.9 Å². The Morgan fingerprint density at radius 1 is 0.816 bits per heavy atom. The molecular weight excluding hydrogens is 512 g/mol. The molecule has 0 saturated carbocycles. The molecule has 3 aromatic carbocycles. The Morgan fingerprint density at radius 2 is 1.63 bits per heavy atom. The van der Waals surface area contributed by atoms with E-state index in [-0.39, 0.29) is 0 Å². The van der Waals surface area contributed by atoms with E-state index < -0.39 is 0 Å². The normalized spacial score (nSPS) is 13.8. The zero-order chi connectivity index (χ0) is 25.7. The first-order valence-electron chi connectivity index (χ1n) is 12.5. The van der Waals surface area contributed by atoms with Gasteiger partial charge in [0.05, 0.1) is 27.8 Å². The van der Waals surface area contributed by atoms with Gasteiger partial charge in [0.25, 0.3) is 0 Å². The van der Waals surface area contributed by atoms with E-state index in [0.717, 1.165) is 57.2 Å². The molecule has 1 aliphatic heterocycles. The number of aryl methyl sites for hydroxylation is 1. The number of nitrogens with one attached hydrogen (secondary N) is 2. The minimum Gasteiger partial charge on any atom is -0.363 e. The highest BCUT2D eigenvalue weighted by atomic mass is 32.1. The van der Waals surface area contributed by atoms with E-state index in [4.69, 9.17) is 0 Å². The first kappa shape index (κ1) is 24.2. The van der Waals surface area contributed by atoms with E-state index in [9.17, 15) is 0 Å². The maximum atomic E-state index is 4.61. The highest BCUT2D eigenvalue weighted by Crippen LogP contribution is 2.37. The average Bonchev–Trinajstić information content (AvgIpc) is 3.73. The lowest BCUT2D eigenvalue weighted by molar-refractivity contribution is 0.949. The van der Waals surface area contributed by atoms with Crippen molar-refractivity contribution in [3.63, 3.8) is 0 Å². The van der Waals surface area contributed by atoms with Crippen LogP contribution in [0.3, 0.4) is 0 Å². The predicted molar refractivity (Wildman–Crippen MR) is 159 cm³/mol. The van der Waals surface area contributed by atoms with Crippen LogP contribution in [0.2, 0.25) is 0 Å². The molecule has 38 heavy (non-hydrogen) atoms. The average molecular weight is 539 g/mol. The van der Waals surface area contributed by atoms with Gasteiger partial charge >= 0.3 is 0 Å². The Bertz CT molecular complexity index is 1600. The summed E-state index contributed by atoms with van der Waals surface area (Å²) in [5.74, 6) is 0. The van der Waals surface area contributed by atoms with Crippen LogP contribution < -0.4 is 15.8 Å². The predicted octanol–water partition coefficient (Wildman–Crippen LogP) is 9.54. The topological polar surface area (TPSA) is 89.6 Å². The molecule has 1 aliphatic rings. The van der Waals surface area contributed by atoms with Crippen LogP contribution in [0.25, 0.3) is 10.8 Å². The molecule has 0 unspecified atom stereocenters. The smallest absolute Gasteiger partial charge is 0.229 e. The lowest BCUT2D eigenvalue weighted by Gasteiger charge is -2.14. The summed E-state index contributed by atoms with van der Waals surface area (Å²) in [7, 11) is 0. The lowest BCUT2D eigenvalue weighted by atomic mass is 10.1. The SMILES string of the molecule is Cc1cc(NNc2ccc(N=Nc3ccc(N4CCCC4)s3)c3ccccc23)ccc1N=Nc1nccs1. The van der Waals surface area contributed by atoms with Crippen molar-refractivity contribution in [2.45, 2.75) is 19.8 Å². The van der Waals surface area contributed by atoms with Crippen LogP contribution in [0, 0.1) is 6.92 Å². The van der Waals surface area contributed by atoms with Crippen LogP contribution in [0.5, 0.6) is 0 Å². The molecule has 2 aromatic heterocycles. The second kappa shape index (κ2) is 11.1. The highest BCUT2D eigenvalue weighted by molar-refractivity contribution is 7.19. The number of hydrogen-bond donors (Lipinski definition) is 2. The molecule has 2 N–H and O–H groups in total. The molecular formula is C28H26N8S2. The molecule has 0 radical (unpaired) electrons. The van der Waals surface area contributed by atoms with E-state index in [1.54, 1.807) is 17.5 Å². The van der Waals surface area contributed by atoms with Crippen LogP contribution in [-0.2, 0) is 0 Å². The summed E-state index contributed by atoms with van der Waals surface area (Å²) < 4.78 is 0. The minimum absolute atomic E-state index is 0.644. The molecule has 0 aliphatic carbocycles. The van der Waals surface area contributed by atoms with Gasteiger partial charge in [-0.25, -0.2) is 4.98 Å². The zero-order valence-electron chi connectivity index (χ0n) is 20.8. The first-order valence-corrected chi connectivity index (χ1v) is 14.1. The van der Waals surface area contributed by atoms with Gasteiger partial charge in [-0.1, -0.05) is 35.6 Å². The second-order valence-electron chi connectivity index (χ2n) is 8.95. The summed E-state index contributed by atoms with van der Waals surface area (Å²) in [6.07, 6.45) is 4.25. The van der Waals surface area contributed by atoms with Gasteiger partial charge in [-0.15, -0.1) is 31.8 Å². The molecule has 1 saturated heterocycles. The third-order valence-corrected chi connectivity index (χ3v) is 8.04. The Labute approximate surface area is 228 Å². The van der Waals surface area contributed by atoms with Gasteiger partial charge in [-0.3, -0.25) is 0 Å². The summed E-state index contributed by atoms with van der Waals surface area (Å²) in [5.41, 5.74) is 11.2. The van der Waals surface area contributed by atoms with Crippen LogP contribution in [0.1, 0.15) is 18.4 Å². The third-order valence-electron chi connectivity index (χ3n) is 6.35. The molecule has 0 amide bonds. The van der Waals surface area contributed by atoms with Crippen LogP contribution in [0.4, 0.5) is 37.9 Å². The van der Waals surface area contributed by atoms with Crippen molar-refractivity contribution in [1.82, 2.24) is 4.98 Å². The fourth-order valence-corrected chi connectivity index (χ4v) is 5.74. The number of rotatable bonds is 8. The number of hydrazine groups is 1. The van der Waals surface area contributed by atoms with E-state index in [2.05, 4.69) is 65.5 Å². The van der Waals surface area contributed by atoms with Gasteiger partial charge in [-0.2, -0.15) is 0 Å². The Kier molecular flexibility index (Phi) is 7.05. The molecule has 3 heterocycles. The van der Waals surface area contributed by atoms with Gasteiger partial charge in [0.2, 0.25) is 5.13 Å². The number of hydrogen-bond acceptors (Lipinski definition) is 10. The van der Waals surface area contributed by atoms with E-state index in [1.807, 2.05) is 54.8 Å². The van der Waals surface area contributed by atoms with Crippen LogP contribution in [-0.4, -0.2) is 18.1 Å². The van der Waals surface area contributed by atoms with Crippen molar-refractivity contribution in [3.8, 4) is 0 Å². The molecule has 0 bridgehead atoms. The first-order chi connectivity index (χ1) is 18.7. The number of aromatic nitrogens is 1. The second-order valence-corrected chi connectivity index (χ2v) is 10.9. The van der Waals surface area contributed by atoms with E-state index in [0.29, 0.717) is 5.13 Å². The molecule has 0 atom stereocenters. The Balaban J connectivity index is 1.17. The minimum atomic E-state index is 0.644. The van der Waals surface area contributed by atoms with Crippen molar-refractivity contribution in [2.75, 3.05) is 28.8 Å². The zero-order valence-corrected chi connectivity index (χ0v) is 22.5. The summed E-state index contributed by atoms with van der Waals surface area (Å²) >= 11 is 3.15. The van der Waals surface area contributed by atoms with Gasteiger partial charge in [0, 0.05) is 35.4 Å². The number of fused-ring (bicyclic) bond motifs is 1. The van der Waals surface area contributed by atoms with Crippen LogP contribution >= 0.6 is 22.7 Å². The lowest BCUT2D eigenvalue weighted by Crippen LogP contribution is -2.15. The number of anilines is 3. The van der Waals surface area contributed by atoms with Crippen molar-refractivity contribution >= 4 is 71.3 Å². The Hall–Kier alpha value is -4.15. The van der Waals surface area contributed by atoms with Crippen molar-refractivity contribution < 1.29 is 0 Å². The summed E-state index contributed by atoms with van der Waals surface area (Å²) in [6, 6.07) is 22.4. The molecule has 10 heteroatoms. The summed E-state index contributed by atoms with van der Waals surface area (Å²) in [5, 5.41) is 24.5. The monoisotopic (exact) mass is 538 g/mol. The molecule has 6 rings (SSSR count). The molecule has 5 aromatic rings. The fourth-order valence-electron chi connectivity index (χ4n) is 4.41. The van der Waals surface area contributed by atoms with Gasteiger partial charge < -0.3 is 15.8 Å². The van der Waals surface area contributed by atoms with Crippen molar-refractivity contribution in [2.24, 2.45) is 20.5 Å². The van der Waals surface area contributed by atoms with Gasteiger partial charge in [-0.05, 0) is 67.8 Å². The van der Waals surface area contributed by atoms with Crippen LogP contribution in [0.15, 0.2) is 98.8 Å². The number of nitrogens with zero attached hydrogens (tertiary/aromatic N) is 6. The third kappa shape index (κ3) is 5.41. The number of azo groups is 2. The quantitative estimate of drug-likeness (QED) is 0.152. The van der Waals surface area contributed by atoms with Gasteiger partial charge in [0.15, 0.2) is 0 Å². The number of thiazole rings is 1. The highest BCUT2D eigenvalue weighted by Gasteiger charge is 2.14. The van der Waals surface area contributed by atoms with E-state index in [1.165, 1.54) is 29.2 Å². The maximum Gasteiger partial charge on any atom is 0.229 e. The molecule has 190 valence electrons. The fraction of sp³-hybridized carbons (Fsp3) is 0.179. The molecule has 8 nitrogen and oxygen atoms in total. The summed E-state index contributed by atoms with van der Waals surface area (Å²) in [6.45, 7) is 4.27. The Morgan fingerprint density at radius 3 is 2.45 bits per heavy atom. The molecule has 1 fully saturated rings. The maximum absolute atomic E-state index is 4.61. The number of thiophene rings is 1. The summed E-state index contributed by atoms with van der Waals surface area (Å²) in [4.78, 5) is 6.56. The van der Waals surface area contributed by atoms with Gasteiger partial charge in [0.1, 0.15) is 5.00 Å². The van der Waals surface area contributed by atoms with Crippen molar-refractivity contribution in [1.29, 1.82) is 0 Å².